The topological polar surface area (TPSA) is 85.8 Å². The molecule has 0 radical (unpaired) electrons. The van der Waals surface area contributed by atoms with Crippen LogP contribution in [0.5, 0.6) is 5.75 Å². The number of alkyl halides is 2. The summed E-state index contributed by atoms with van der Waals surface area (Å²) in [5.41, 5.74) is 1.49. The number of aromatic amines is 1. The van der Waals surface area contributed by atoms with E-state index in [1.165, 1.54) is 25.3 Å². The number of benzene rings is 1. The number of H-pyrrole nitrogens is 1. The van der Waals surface area contributed by atoms with Crippen LogP contribution in [0.4, 0.5) is 8.78 Å². The number of nitrogens with one attached hydrogen (secondary N) is 1. The number of nitrogens with zero attached hydrogens (tertiary/aromatic N) is 2. The van der Waals surface area contributed by atoms with Gasteiger partial charge in [-0.3, -0.25) is 9.20 Å². The van der Waals surface area contributed by atoms with Crippen molar-refractivity contribution in [2.45, 2.75) is 18.2 Å². The number of halogens is 2. The summed E-state index contributed by atoms with van der Waals surface area (Å²) in [5, 5.41) is 0.219. The van der Waals surface area contributed by atoms with Crippen molar-refractivity contribution in [1.82, 2.24) is 9.97 Å². The molecule has 26 heavy (non-hydrogen) atoms. The van der Waals surface area contributed by atoms with Gasteiger partial charge in [-0.25, -0.2) is 4.98 Å². The fourth-order valence-electron chi connectivity index (χ4n) is 2.62. The SMILES string of the molecule is COC1=C(OC)C(CS(=O)c2nc3ccc(OC(F)F)cc3[nH]2)=NCC1. The number of allylic oxidation sites excluding steroid dienone is 1. The molecule has 2 aromatic rings. The number of methoxy groups -OCH3 is 2. The van der Waals surface area contributed by atoms with Crippen molar-refractivity contribution in [1.29, 1.82) is 0 Å². The first-order valence-corrected chi connectivity index (χ1v) is 9.01. The molecule has 2 heterocycles. The lowest BCUT2D eigenvalue weighted by Crippen LogP contribution is -2.21. The minimum absolute atomic E-state index is 0.000484. The summed E-state index contributed by atoms with van der Waals surface area (Å²) >= 11 is 0. The summed E-state index contributed by atoms with van der Waals surface area (Å²) in [7, 11) is 1.53. The number of dihydropyridines is 1. The molecule has 1 aliphatic heterocycles. The third-order valence-electron chi connectivity index (χ3n) is 3.75. The van der Waals surface area contributed by atoms with E-state index in [4.69, 9.17) is 9.47 Å². The molecule has 1 atom stereocenters. The molecule has 1 aromatic carbocycles. The van der Waals surface area contributed by atoms with Gasteiger partial charge >= 0.3 is 6.61 Å². The molecule has 3 rings (SSSR count). The molecule has 7 nitrogen and oxygen atoms in total. The fourth-order valence-corrected chi connectivity index (χ4v) is 3.65. The molecule has 0 bridgehead atoms. The van der Waals surface area contributed by atoms with Gasteiger partial charge in [0.1, 0.15) is 11.5 Å². The number of ether oxygens (including phenoxy) is 3. The predicted molar refractivity (Wildman–Crippen MR) is 92.0 cm³/mol. The van der Waals surface area contributed by atoms with E-state index in [0.29, 0.717) is 41.2 Å². The molecule has 10 heteroatoms. The zero-order chi connectivity index (χ0) is 18.7. The lowest BCUT2D eigenvalue weighted by Gasteiger charge is -2.18. The molecule has 0 saturated carbocycles. The van der Waals surface area contributed by atoms with Crippen LogP contribution in [0.1, 0.15) is 6.42 Å². The molecule has 1 aromatic heterocycles. The maximum atomic E-state index is 12.7. The van der Waals surface area contributed by atoms with E-state index in [0.717, 1.165) is 0 Å². The second-order valence-corrected chi connectivity index (χ2v) is 6.69. The highest BCUT2D eigenvalue weighted by molar-refractivity contribution is 7.85. The number of hydrogen-bond donors (Lipinski definition) is 1. The van der Waals surface area contributed by atoms with Gasteiger partial charge in [0, 0.05) is 19.0 Å². The molecule has 1 unspecified atom stereocenters. The summed E-state index contributed by atoms with van der Waals surface area (Å²) in [5.74, 6) is 1.24. The standard InChI is InChI=1S/C16H17F2N3O4S/c1-23-13-5-6-19-12(14(13)24-2)8-26(22)16-20-10-4-3-9(25-15(17)18)7-11(10)21-16/h3-4,7,15H,5-6,8H2,1-2H3,(H,20,21). The summed E-state index contributed by atoms with van der Waals surface area (Å²) in [6, 6.07) is 4.28. The van der Waals surface area contributed by atoms with E-state index >= 15 is 0 Å². The zero-order valence-corrected chi connectivity index (χ0v) is 14.9. The Hall–Kier alpha value is -2.49. The molecular formula is C16H17F2N3O4S. The summed E-state index contributed by atoms with van der Waals surface area (Å²) in [6.07, 6.45) is 0.618. The van der Waals surface area contributed by atoms with E-state index in [-0.39, 0.29) is 16.7 Å². The number of fused-ring (bicyclic) bond motifs is 1. The van der Waals surface area contributed by atoms with Crippen molar-refractivity contribution in [3.63, 3.8) is 0 Å². The molecule has 140 valence electrons. The van der Waals surface area contributed by atoms with Gasteiger partial charge < -0.3 is 19.2 Å². The second-order valence-electron chi connectivity index (χ2n) is 5.33. The van der Waals surface area contributed by atoms with Crippen LogP contribution in [-0.4, -0.2) is 53.0 Å². The Kier molecular flexibility index (Phi) is 5.50. The Morgan fingerprint density at radius 1 is 1.31 bits per heavy atom. The van der Waals surface area contributed by atoms with Crippen molar-refractivity contribution in [3.05, 3.63) is 29.7 Å². The number of imidazole rings is 1. The van der Waals surface area contributed by atoms with Gasteiger partial charge in [-0.1, -0.05) is 0 Å². The largest absolute Gasteiger partial charge is 0.497 e. The van der Waals surface area contributed by atoms with Crippen LogP contribution >= 0.6 is 0 Å². The van der Waals surface area contributed by atoms with Crippen molar-refractivity contribution in [2.24, 2.45) is 4.99 Å². The van der Waals surface area contributed by atoms with E-state index in [2.05, 4.69) is 19.7 Å². The van der Waals surface area contributed by atoms with Gasteiger partial charge in [0.2, 0.25) is 0 Å². The molecule has 0 saturated heterocycles. The molecule has 0 fully saturated rings. The molecule has 0 aliphatic carbocycles. The van der Waals surface area contributed by atoms with Gasteiger partial charge in [0.15, 0.2) is 10.9 Å². The lowest BCUT2D eigenvalue weighted by atomic mass is 10.2. The maximum Gasteiger partial charge on any atom is 0.387 e. The van der Waals surface area contributed by atoms with Crippen LogP contribution in [0.15, 0.2) is 39.9 Å². The lowest BCUT2D eigenvalue weighted by molar-refractivity contribution is -0.0497. The Labute approximate surface area is 150 Å². The average Bonchev–Trinajstić information content (AvgIpc) is 3.04. The van der Waals surface area contributed by atoms with Crippen LogP contribution in [0.2, 0.25) is 0 Å². The number of hydrogen-bond acceptors (Lipinski definition) is 6. The van der Waals surface area contributed by atoms with E-state index in [1.807, 2.05) is 0 Å². The normalized spacial score (nSPS) is 16.0. The first-order chi connectivity index (χ1) is 12.5. The zero-order valence-electron chi connectivity index (χ0n) is 14.1. The highest BCUT2D eigenvalue weighted by Gasteiger charge is 2.23. The van der Waals surface area contributed by atoms with Crippen LogP contribution in [0.25, 0.3) is 11.0 Å². The van der Waals surface area contributed by atoms with Crippen LogP contribution in [-0.2, 0) is 20.3 Å². The van der Waals surface area contributed by atoms with Gasteiger partial charge in [-0.15, -0.1) is 0 Å². The van der Waals surface area contributed by atoms with Crippen molar-refractivity contribution in [3.8, 4) is 5.75 Å². The average molecular weight is 385 g/mol. The molecule has 1 N–H and O–H groups in total. The Bertz CT molecular complexity index is 895. The maximum absolute atomic E-state index is 12.7. The second kappa shape index (κ2) is 7.81. The minimum Gasteiger partial charge on any atom is -0.497 e. The summed E-state index contributed by atoms with van der Waals surface area (Å²) < 4.78 is 52.2. The molecule has 0 spiro atoms. The van der Waals surface area contributed by atoms with Crippen molar-refractivity contribution in [2.75, 3.05) is 26.5 Å². The summed E-state index contributed by atoms with van der Waals surface area (Å²) in [6.45, 7) is -2.39. The molecule has 1 aliphatic rings. The Balaban J connectivity index is 1.81. The smallest absolute Gasteiger partial charge is 0.387 e. The number of aromatic nitrogens is 2. The molecular weight excluding hydrogens is 368 g/mol. The van der Waals surface area contributed by atoms with Crippen molar-refractivity contribution >= 4 is 27.5 Å². The number of aliphatic imine (C=N–C) groups is 1. The van der Waals surface area contributed by atoms with Gasteiger partial charge in [0.05, 0.1) is 47.5 Å². The minimum atomic E-state index is -2.91. The first kappa shape index (κ1) is 18.3. The van der Waals surface area contributed by atoms with E-state index in [9.17, 15) is 13.0 Å². The van der Waals surface area contributed by atoms with Crippen LogP contribution in [0.3, 0.4) is 0 Å². The van der Waals surface area contributed by atoms with Crippen LogP contribution < -0.4 is 4.74 Å². The highest BCUT2D eigenvalue weighted by atomic mass is 32.2. The summed E-state index contributed by atoms with van der Waals surface area (Å²) in [4.78, 5) is 11.5. The quantitative estimate of drug-likeness (QED) is 0.792. The third-order valence-corrected chi connectivity index (χ3v) is 4.91. The van der Waals surface area contributed by atoms with Gasteiger partial charge in [-0.2, -0.15) is 8.78 Å². The van der Waals surface area contributed by atoms with E-state index in [1.54, 1.807) is 7.11 Å². The van der Waals surface area contributed by atoms with Crippen LogP contribution in [0, 0.1) is 0 Å². The monoisotopic (exact) mass is 385 g/mol. The highest BCUT2D eigenvalue weighted by Crippen LogP contribution is 2.23. The predicted octanol–water partition coefficient (Wildman–Crippen LogP) is 2.62. The third kappa shape index (κ3) is 3.85. The van der Waals surface area contributed by atoms with Gasteiger partial charge in [0.25, 0.3) is 0 Å². The van der Waals surface area contributed by atoms with E-state index < -0.39 is 17.4 Å². The van der Waals surface area contributed by atoms with Crippen molar-refractivity contribution < 1.29 is 27.2 Å². The van der Waals surface area contributed by atoms with Gasteiger partial charge in [-0.05, 0) is 12.1 Å². The first-order valence-electron chi connectivity index (χ1n) is 7.69. The Morgan fingerprint density at radius 3 is 2.81 bits per heavy atom. The fraction of sp³-hybridized carbons (Fsp3) is 0.375. The number of rotatable bonds is 7. The molecule has 0 amide bonds. The Morgan fingerprint density at radius 2 is 2.12 bits per heavy atom.